The Kier molecular flexibility index (Phi) is 4.36. The molecule has 2 heterocycles. The Morgan fingerprint density at radius 1 is 1.47 bits per heavy atom. The minimum absolute atomic E-state index is 0. The van der Waals surface area contributed by atoms with E-state index in [4.69, 9.17) is 0 Å². The van der Waals surface area contributed by atoms with Gasteiger partial charge in [0, 0.05) is 24.9 Å². The van der Waals surface area contributed by atoms with Crippen molar-refractivity contribution in [2.24, 2.45) is 5.10 Å². The molecule has 0 saturated carbocycles. The van der Waals surface area contributed by atoms with E-state index in [0.29, 0.717) is 0 Å². The van der Waals surface area contributed by atoms with E-state index >= 15 is 0 Å². The molecule has 0 bridgehead atoms. The second kappa shape index (κ2) is 5.33. The van der Waals surface area contributed by atoms with Gasteiger partial charge in [-0.1, -0.05) is 0 Å². The molecule has 15 heavy (non-hydrogen) atoms. The Morgan fingerprint density at radius 3 is 2.80 bits per heavy atom. The Labute approximate surface area is 101 Å². The van der Waals surface area contributed by atoms with Crippen LogP contribution in [0.4, 0.5) is 0 Å². The predicted octanol–water partition coefficient (Wildman–Crippen LogP) is 3.18. The number of hydrogen-bond donors (Lipinski definition) is 0. The molecule has 0 unspecified atom stereocenters. The summed E-state index contributed by atoms with van der Waals surface area (Å²) in [5.74, 6) is 0. The molecule has 0 atom stereocenters. The van der Waals surface area contributed by atoms with Crippen molar-refractivity contribution in [2.75, 3.05) is 13.6 Å². The van der Waals surface area contributed by atoms with Crippen LogP contribution in [0.2, 0.25) is 0 Å². The zero-order chi connectivity index (χ0) is 9.97. The van der Waals surface area contributed by atoms with Gasteiger partial charge in [-0.15, -0.1) is 23.7 Å². The summed E-state index contributed by atoms with van der Waals surface area (Å²) in [4.78, 5) is 1.34. The SMILES string of the molecule is Cc1ccsc1/C=C/C1=NN(C)CC1.Cl. The highest BCUT2D eigenvalue weighted by Gasteiger charge is 2.07. The Hall–Kier alpha value is -0.800. The first-order valence-corrected chi connectivity index (χ1v) is 5.64. The van der Waals surface area contributed by atoms with Crippen molar-refractivity contribution < 1.29 is 0 Å². The molecule has 0 aromatic carbocycles. The molecule has 0 fully saturated rings. The number of allylic oxidation sites excluding steroid dienone is 1. The van der Waals surface area contributed by atoms with Crippen molar-refractivity contribution >= 4 is 35.5 Å². The Balaban J connectivity index is 0.00000112. The molecule has 0 aliphatic carbocycles. The third kappa shape index (κ3) is 3.08. The van der Waals surface area contributed by atoms with Gasteiger partial charge in [0.25, 0.3) is 0 Å². The number of halogens is 1. The standard InChI is InChI=1S/C11H14N2S.ClH/c1-9-6-8-14-11(9)4-3-10-5-7-13(2)12-10;/h3-4,6,8H,5,7H2,1-2H3;1H/b4-3+;. The highest BCUT2D eigenvalue weighted by atomic mass is 35.5. The number of hydrogen-bond acceptors (Lipinski definition) is 3. The molecule has 1 aliphatic heterocycles. The molecule has 0 N–H and O–H groups in total. The molecule has 0 amide bonds. The maximum absolute atomic E-state index is 4.39. The van der Waals surface area contributed by atoms with Crippen molar-refractivity contribution in [1.82, 2.24) is 5.01 Å². The van der Waals surface area contributed by atoms with E-state index < -0.39 is 0 Å². The summed E-state index contributed by atoms with van der Waals surface area (Å²) >= 11 is 1.78. The van der Waals surface area contributed by atoms with E-state index in [9.17, 15) is 0 Å². The second-order valence-corrected chi connectivity index (χ2v) is 4.47. The average molecular weight is 243 g/mol. The van der Waals surface area contributed by atoms with Crippen molar-refractivity contribution in [2.45, 2.75) is 13.3 Å². The number of rotatable bonds is 2. The fourth-order valence-corrected chi connectivity index (χ4v) is 2.26. The van der Waals surface area contributed by atoms with E-state index in [1.165, 1.54) is 16.2 Å². The van der Waals surface area contributed by atoms with Crippen LogP contribution in [0.5, 0.6) is 0 Å². The van der Waals surface area contributed by atoms with Gasteiger partial charge in [-0.25, -0.2) is 0 Å². The van der Waals surface area contributed by atoms with E-state index in [-0.39, 0.29) is 12.4 Å². The predicted molar refractivity (Wildman–Crippen MR) is 70.0 cm³/mol. The molecule has 1 aliphatic rings. The maximum Gasteiger partial charge on any atom is 0.0624 e. The lowest BCUT2D eigenvalue weighted by Gasteiger charge is -2.00. The fourth-order valence-electron chi connectivity index (χ4n) is 1.44. The quantitative estimate of drug-likeness (QED) is 0.778. The van der Waals surface area contributed by atoms with Crippen molar-refractivity contribution in [3.05, 3.63) is 28.0 Å². The summed E-state index contributed by atoms with van der Waals surface area (Å²) in [7, 11) is 2.01. The summed E-state index contributed by atoms with van der Waals surface area (Å²) < 4.78 is 0. The van der Waals surface area contributed by atoms with E-state index in [1.807, 2.05) is 12.1 Å². The molecular weight excluding hydrogens is 228 g/mol. The van der Waals surface area contributed by atoms with Crippen molar-refractivity contribution in [3.8, 4) is 0 Å². The van der Waals surface area contributed by atoms with Gasteiger partial charge in [0.1, 0.15) is 0 Å². The van der Waals surface area contributed by atoms with E-state index in [2.05, 4.69) is 35.6 Å². The molecule has 0 radical (unpaired) electrons. The molecule has 82 valence electrons. The van der Waals surface area contributed by atoms with Gasteiger partial charge >= 0.3 is 0 Å². The Morgan fingerprint density at radius 2 is 2.27 bits per heavy atom. The minimum Gasteiger partial charge on any atom is -0.299 e. The number of aryl methyl sites for hydroxylation is 1. The Bertz CT molecular complexity index is 382. The molecule has 1 aromatic rings. The summed E-state index contributed by atoms with van der Waals surface area (Å²) in [5.41, 5.74) is 2.53. The number of hydrazone groups is 1. The second-order valence-electron chi connectivity index (χ2n) is 3.52. The van der Waals surface area contributed by atoms with Crippen LogP contribution in [-0.4, -0.2) is 24.3 Å². The number of nitrogens with zero attached hydrogens (tertiary/aromatic N) is 2. The first kappa shape index (κ1) is 12.3. The molecule has 0 spiro atoms. The number of thiophene rings is 1. The van der Waals surface area contributed by atoms with Gasteiger partial charge in [-0.3, -0.25) is 5.01 Å². The highest BCUT2D eigenvalue weighted by molar-refractivity contribution is 7.11. The molecular formula is C11H15ClN2S. The lowest BCUT2D eigenvalue weighted by molar-refractivity contribution is 0.393. The normalized spacial score (nSPS) is 15.6. The maximum atomic E-state index is 4.39. The molecule has 1 aromatic heterocycles. The van der Waals surface area contributed by atoms with Gasteiger partial charge in [0.2, 0.25) is 0 Å². The molecule has 0 saturated heterocycles. The zero-order valence-electron chi connectivity index (χ0n) is 8.93. The monoisotopic (exact) mass is 242 g/mol. The van der Waals surface area contributed by atoms with Crippen LogP contribution in [-0.2, 0) is 0 Å². The third-order valence-corrected chi connectivity index (χ3v) is 3.30. The van der Waals surface area contributed by atoms with Gasteiger partial charge in [0.05, 0.1) is 5.71 Å². The van der Waals surface area contributed by atoms with Crippen LogP contribution in [0.1, 0.15) is 16.9 Å². The lowest BCUT2D eigenvalue weighted by Crippen LogP contribution is -2.04. The van der Waals surface area contributed by atoms with Crippen LogP contribution in [0, 0.1) is 6.92 Å². The van der Waals surface area contributed by atoms with Crippen molar-refractivity contribution in [3.63, 3.8) is 0 Å². The van der Waals surface area contributed by atoms with Crippen molar-refractivity contribution in [1.29, 1.82) is 0 Å². The van der Waals surface area contributed by atoms with Gasteiger partial charge in [0.15, 0.2) is 0 Å². The first-order chi connectivity index (χ1) is 6.75. The van der Waals surface area contributed by atoms with E-state index in [0.717, 1.165) is 13.0 Å². The minimum atomic E-state index is 0. The highest BCUT2D eigenvalue weighted by Crippen LogP contribution is 2.17. The molecule has 2 nitrogen and oxygen atoms in total. The fraction of sp³-hybridized carbons (Fsp3) is 0.364. The van der Waals surface area contributed by atoms with Gasteiger partial charge < -0.3 is 0 Å². The van der Waals surface area contributed by atoms with E-state index in [1.54, 1.807) is 11.3 Å². The van der Waals surface area contributed by atoms with Gasteiger partial charge in [-0.05, 0) is 36.1 Å². The third-order valence-electron chi connectivity index (χ3n) is 2.32. The summed E-state index contributed by atoms with van der Waals surface area (Å²) in [6, 6.07) is 2.15. The van der Waals surface area contributed by atoms with Gasteiger partial charge in [-0.2, -0.15) is 5.10 Å². The average Bonchev–Trinajstić information content (AvgIpc) is 2.72. The smallest absolute Gasteiger partial charge is 0.0624 e. The van der Waals surface area contributed by atoms with Crippen LogP contribution in [0.25, 0.3) is 6.08 Å². The van der Waals surface area contributed by atoms with Crippen LogP contribution < -0.4 is 0 Å². The first-order valence-electron chi connectivity index (χ1n) is 4.76. The molecule has 2 rings (SSSR count). The summed E-state index contributed by atoms with van der Waals surface area (Å²) in [6.45, 7) is 3.18. The lowest BCUT2D eigenvalue weighted by atomic mass is 10.2. The van der Waals surface area contributed by atoms with Crippen LogP contribution in [0.15, 0.2) is 22.6 Å². The largest absolute Gasteiger partial charge is 0.299 e. The van der Waals surface area contributed by atoms with Crippen LogP contribution in [0.3, 0.4) is 0 Å². The topological polar surface area (TPSA) is 15.6 Å². The summed E-state index contributed by atoms with van der Waals surface area (Å²) in [5, 5.41) is 8.50. The van der Waals surface area contributed by atoms with Crippen LogP contribution >= 0.6 is 23.7 Å². The summed E-state index contributed by atoms with van der Waals surface area (Å²) in [6.07, 6.45) is 5.36. The molecule has 4 heteroatoms. The zero-order valence-corrected chi connectivity index (χ0v) is 10.6.